The van der Waals surface area contributed by atoms with Gasteiger partial charge in [-0.2, -0.15) is 4.98 Å². The van der Waals surface area contributed by atoms with Gasteiger partial charge in [0.15, 0.2) is 0 Å². The predicted molar refractivity (Wildman–Crippen MR) is 79.7 cm³/mol. The Labute approximate surface area is 122 Å². The van der Waals surface area contributed by atoms with E-state index in [2.05, 4.69) is 29.2 Å². The number of aromatic nitrogens is 2. The minimum absolute atomic E-state index is 0.128. The molecular formula is C14H19N3O2S. The second kappa shape index (κ2) is 7.42. The molecule has 1 aromatic heterocycles. The third-order valence-electron chi connectivity index (χ3n) is 2.71. The number of hydrogen-bond donors (Lipinski definition) is 1. The monoisotopic (exact) mass is 293 g/mol. The summed E-state index contributed by atoms with van der Waals surface area (Å²) in [6, 6.07) is 8.01. The van der Waals surface area contributed by atoms with Crippen molar-refractivity contribution in [3.8, 4) is 11.4 Å². The van der Waals surface area contributed by atoms with Crippen LogP contribution in [0, 0.1) is 0 Å². The normalized spacial score (nSPS) is 12.6. The molecule has 1 unspecified atom stereocenters. The summed E-state index contributed by atoms with van der Waals surface area (Å²) in [5, 5.41) is 3.99. The number of hydrogen-bond acceptors (Lipinski definition) is 6. The van der Waals surface area contributed by atoms with Crippen LogP contribution in [0.15, 0.2) is 33.7 Å². The molecule has 20 heavy (non-hydrogen) atoms. The zero-order chi connectivity index (χ0) is 14.4. The summed E-state index contributed by atoms with van der Waals surface area (Å²) in [5.74, 6) is 2.19. The molecule has 0 amide bonds. The van der Waals surface area contributed by atoms with Crippen molar-refractivity contribution in [1.29, 1.82) is 0 Å². The van der Waals surface area contributed by atoms with Crippen molar-refractivity contribution in [3.05, 3.63) is 30.2 Å². The Morgan fingerprint density at radius 2 is 2.10 bits per heavy atom. The lowest BCUT2D eigenvalue weighted by molar-refractivity contribution is 0.176. The molecule has 2 aromatic rings. The number of rotatable bonds is 7. The van der Waals surface area contributed by atoms with E-state index in [1.165, 1.54) is 4.90 Å². The van der Waals surface area contributed by atoms with Gasteiger partial charge in [0.25, 0.3) is 0 Å². The van der Waals surface area contributed by atoms with Gasteiger partial charge in [0.2, 0.25) is 11.7 Å². The molecule has 108 valence electrons. The first kappa shape index (κ1) is 15.0. The highest BCUT2D eigenvalue weighted by molar-refractivity contribution is 7.99. The Balaban J connectivity index is 2.04. The quantitative estimate of drug-likeness (QED) is 0.790. The van der Waals surface area contributed by atoms with E-state index >= 15 is 0 Å². The van der Waals surface area contributed by atoms with E-state index in [1.807, 2.05) is 12.1 Å². The fourth-order valence-corrected chi connectivity index (χ4v) is 2.48. The van der Waals surface area contributed by atoms with Crippen molar-refractivity contribution < 1.29 is 9.26 Å². The molecular weight excluding hydrogens is 274 g/mol. The van der Waals surface area contributed by atoms with Gasteiger partial charge < -0.3 is 15.0 Å². The fourth-order valence-electron chi connectivity index (χ4n) is 1.82. The molecule has 5 nitrogen and oxygen atoms in total. The van der Waals surface area contributed by atoms with E-state index in [0.29, 0.717) is 24.7 Å². The van der Waals surface area contributed by atoms with Crippen LogP contribution in [-0.2, 0) is 11.2 Å². The Hall–Kier alpha value is -1.37. The summed E-state index contributed by atoms with van der Waals surface area (Å²) in [7, 11) is 1.62. The van der Waals surface area contributed by atoms with Crippen LogP contribution in [0.1, 0.15) is 12.8 Å². The molecule has 0 bridgehead atoms. The highest BCUT2D eigenvalue weighted by atomic mass is 32.2. The van der Waals surface area contributed by atoms with Crippen LogP contribution in [0.2, 0.25) is 0 Å². The zero-order valence-electron chi connectivity index (χ0n) is 11.7. The molecule has 0 aliphatic rings. The number of nitrogens with zero attached hydrogens (tertiary/aromatic N) is 2. The van der Waals surface area contributed by atoms with Crippen LogP contribution in [-0.4, -0.2) is 35.7 Å². The molecule has 0 saturated carbocycles. The van der Waals surface area contributed by atoms with Crippen molar-refractivity contribution in [2.24, 2.45) is 5.73 Å². The van der Waals surface area contributed by atoms with E-state index in [1.54, 1.807) is 18.9 Å². The number of ether oxygens (including phenoxy) is 1. The number of benzene rings is 1. The topological polar surface area (TPSA) is 74.2 Å². The maximum absolute atomic E-state index is 5.86. The van der Waals surface area contributed by atoms with E-state index in [-0.39, 0.29) is 6.04 Å². The minimum Gasteiger partial charge on any atom is -0.383 e. The molecule has 0 saturated heterocycles. The second-order valence-corrected chi connectivity index (χ2v) is 5.73. The average molecular weight is 293 g/mol. The van der Waals surface area contributed by atoms with Gasteiger partial charge in [0.1, 0.15) is 0 Å². The first-order valence-electron chi connectivity index (χ1n) is 6.53. The predicted octanol–water partition coefficient (Wildman–Crippen LogP) is 2.36. The largest absolute Gasteiger partial charge is 0.383 e. The molecule has 0 spiro atoms. The molecule has 1 heterocycles. The first-order chi connectivity index (χ1) is 9.72. The molecule has 0 aliphatic carbocycles. The molecule has 6 heteroatoms. The van der Waals surface area contributed by atoms with E-state index in [4.69, 9.17) is 15.0 Å². The summed E-state index contributed by atoms with van der Waals surface area (Å²) in [5.41, 5.74) is 6.81. The van der Waals surface area contributed by atoms with Gasteiger partial charge in [-0.15, -0.1) is 11.8 Å². The minimum atomic E-state index is -0.128. The lowest BCUT2D eigenvalue weighted by Crippen LogP contribution is -2.28. The Morgan fingerprint density at radius 3 is 2.75 bits per heavy atom. The van der Waals surface area contributed by atoms with Gasteiger partial charge in [0.05, 0.1) is 6.61 Å². The Kier molecular flexibility index (Phi) is 5.58. The van der Waals surface area contributed by atoms with Crippen LogP contribution < -0.4 is 5.73 Å². The number of thioether (sulfide) groups is 1. The molecule has 0 aliphatic heterocycles. The Bertz CT molecular complexity index is 527. The summed E-state index contributed by atoms with van der Waals surface area (Å²) in [6.45, 7) is 2.61. The summed E-state index contributed by atoms with van der Waals surface area (Å²) in [6.07, 6.45) is 0.518. The summed E-state index contributed by atoms with van der Waals surface area (Å²) in [4.78, 5) is 5.60. The standard InChI is InChI=1S/C14H19N3O2S/c1-3-20-12-6-4-10(5-7-12)14-16-13(19-17-14)8-11(15)9-18-2/h4-7,11H,3,8-9,15H2,1-2H3. The van der Waals surface area contributed by atoms with Crippen LogP contribution in [0.3, 0.4) is 0 Å². The number of nitrogens with two attached hydrogens (primary N) is 1. The van der Waals surface area contributed by atoms with E-state index in [0.717, 1.165) is 11.3 Å². The summed E-state index contributed by atoms with van der Waals surface area (Å²) < 4.78 is 10.2. The highest BCUT2D eigenvalue weighted by Gasteiger charge is 2.12. The van der Waals surface area contributed by atoms with Gasteiger partial charge in [-0.1, -0.05) is 12.1 Å². The average Bonchev–Trinajstić information content (AvgIpc) is 2.88. The first-order valence-corrected chi connectivity index (χ1v) is 7.51. The Morgan fingerprint density at radius 1 is 1.35 bits per heavy atom. The third kappa shape index (κ3) is 4.06. The lowest BCUT2D eigenvalue weighted by atomic mass is 10.2. The van der Waals surface area contributed by atoms with E-state index < -0.39 is 0 Å². The van der Waals surface area contributed by atoms with Crippen LogP contribution in [0.5, 0.6) is 0 Å². The van der Waals surface area contributed by atoms with Crippen molar-refractivity contribution >= 4 is 11.8 Å². The summed E-state index contributed by atoms with van der Waals surface area (Å²) >= 11 is 1.80. The fraction of sp³-hybridized carbons (Fsp3) is 0.429. The third-order valence-corrected chi connectivity index (χ3v) is 3.60. The SMILES string of the molecule is CCSc1ccc(-c2noc(CC(N)COC)n2)cc1. The van der Waals surface area contributed by atoms with Crippen LogP contribution in [0.25, 0.3) is 11.4 Å². The van der Waals surface area contributed by atoms with Crippen molar-refractivity contribution in [1.82, 2.24) is 10.1 Å². The molecule has 1 aromatic carbocycles. The van der Waals surface area contributed by atoms with Gasteiger partial charge >= 0.3 is 0 Å². The van der Waals surface area contributed by atoms with Crippen molar-refractivity contribution in [2.45, 2.75) is 24.3 Å². The molecule has 2 rings (SSSR count). The highest BCUT2D eigenvalue weighted by Crippen LogP contribution is 2.22. The van der Waals surface area contributed by atoms with Gasteiger partial charge in [-0.3, -0.25) is 0 Å². The molecule has 2 N–H and O–H groups in total. The molecule has 0 radical (unpaired) electrons. The van der Waals surface area contributed by atoms with Gasteiger partial charge in [-0.25, -0.2) is 0 Å². The molecule has 1 atom stereocenters. The van der Waals surface area contributed by atoms with E-state index in [9.17, 15) is 0 Å². The van der Waals surface area contributed by atoms with Crippen molar-refractivity contribution in [2.75, 3.05) is 19.5 Å². The van der Waals surface area contributed by atoms with Crippen molar-refractivity contribution in [3.63, 3.8) is 0 Å². The smallest absolute Gasteiger partial charge is 0.228 e. The van der Waals surface area contributed by atoms with Crippen LogP contribution in [0.4, 0.5) is 0 Å². The second-order valence-electron chi connectivity index (χ2n) is 4.39. The zero-order valence-corrected chi connectivity index (χ0v) is 12.5. The lowest BCUT2D eigenvalue weighted by Gasteiger charge is -2.05. The number of methoxy groups -OCH3 is 1. The maximum atomic E-state index is 5.86. The molecule has 0 fully saturated rings. The maximum Gasteiger partial charge on any atom is 0.228 e. The van der Waals surface area contributed by atoms with Gasteiger partial charge in [0, 0.05) is 30.0 Å². The van der Waals surface area contributed by atoms with Crippen LogP contribution >= 0.6 is 11.8 Å². The van der Waals surface area contributed by atoms with Gasteiger partial charge in [-0.05, 0) is 30.0 Å².